The summed E-state index contributed by atoms with van der Waals surface area (Å²) in [5, 5.41) is 9.66. The maximum Gasteiger partial charge on any atom is 0.253 e. The Kier molecular flexibility index (Phi) is 5.88. The van der Waals surface area contributed by atoms with Crippen LogP contribution in [0.2, 0.25) is 0 Å². The van der Waals surface area contributed by atoms with Gasteiger partial charge in [-0.15, -0.1) is 0 Å². The smallest absolute Gasteiger partial charge is 0.253 e. The van der Waals surface area contributed by atoms with Crippen molar-refractivity contribution in [2.24, 2.45) is 0 Å². The van der Waals surface area contributed by atoms with Crippen LogP contribution in [-0.4, -0.2) is 52.6 Å². The van der Waals surface area contributed by atoms with E-state index in [1.54, 1.807) is 24.4 Å². The highest BCUT2D eigenvalue weighted by molar-refractivity contribution is 5.94. The highest BCUT2D eigenvalue weighted by Crippen LogP contribution is 2.17. The molecule has 0 atom stereocenters. The lowest BCUT2D eigenvalue weighted by molar-refractivity contribution is -0.121. The Morgan fingerprint density at radius 2 is 1.96 bits per heavy atom. The lowest BCUT2D eigenvalue weighted by Gasteiger charge is -2.32. The fourth-order valence-electron chi connectivity index (χ4n) is 3.10. The van der Waals surface area contributed by atoms with Gasteiger partial charge in [0.25, 0.3) is 5.91 Å². The van der Waals surface area contributed by atoms with E-state index < -0.39 is 0 Å². The molecule has 0 unspecified atom stereocenters. The van der Waals surface area contributed by atoms with E-state index in [-0.39, 0.29) is 17.9 Å². The molecule has 1 aliphatic rings. The minimum Gasteiger partial charge on any atom is -0.494 e. The summed E-state index contributed by atoms with van der Waals surface area (Å²) in [6.07, 6.45) is 3.45. The van der Waals surface area contributed by atoms with Crippen LogP contribution in [0.25, 0.3) is 0 Å². The lowest BCUT2D eigenvalue weighted by atomic mass is 10.0. The van der Waals surface area contributed by atoms with Crippen molar-refractivity contribution in [1.82, 2.24) is 20.4 Å². The van der Waals surface area contributed by atoms with Gasteiger partial charge in [-0.3, -0.25) is 14.7 Å². The summed E-state index contributed by atoms with van der Waals surface area (Å²) in [5.74, 6) is 0.767. The maximum absolute atomic E-state index is 12.6. The van der Waals surface area contributed by atoms with Gasteiger partial charge in [0.05, 0.1) is 13.0 Å². The number of aromatic amines is 1. The maximum atomic E-state index is 12.6. The molecule has 138 valence electrons. The number of ether oxygens (including phenoxy) is 1. The predicted octanol–water partition coefficient (Wildman–Crippen LogP) is 1.77. The van der Waals surface area contributed by atoms with Gasteiger partial charge in [0.1, 0.15) is 5.75 Å². The molecule has 7 heteroatoms. The van der Waals surface area contributed by atoms with Crippen molar-refractivity contribution in [3.8, 4) is 5.75 Å². The van der Waals surface area contributed by atoms with Crippen molar-refractivity contribution in [2.45, 2.75) is 32.2 Å². The molecule has 26 heavy (non-hydrogen) atoms. The van der Waals surface area contributed by atoms with E-state index in [1.807, 2.05) is 24.0 Å². The molecule has 2 N–H and O–H groups in total. The van der Waals surface area contributed by atoms with Crippen LogP contribution >= 0.6 is 0 Å². The van der Waals surface area contributed by atoms with Crippen LogP contribution in [0.15, 0.2) is 36.5 Å². The van der Waals surface area contributed by atoms with Gasteiger partial charge in [-0.25, -0.2) is 0 Å². The Balaban J connectivity index is 1.46. The van der Waals surface area contributed by atoms with Crippen LogP contribution in [0.3, 0.4) is 0 Å². The zero-order valence-corrected chi connectivity index (χ0v) is 14.9. The normalized spacial score (nSPS) is 14.9. The number of amides is 2. The van der Waals surface area contributed by atoms with Gasteiger partial charge in [-0.05, 0) is 50.1 Å². The number of benzene rings is 1. The van der Waals surface area contributed by atoms with E-state index in [2.05, 4.69) is 15.5 Å². The molecule has 2 heterocycles. The number of hydrogen-bond acceptors (Lipinski definition) is 4. The Hall–Kier alpha value is -2.83. The molecular weight excluding hydrogens is 332 g/mol. The zero-order valence-electron chi connectivity index (χ0n) is 14.9. The summed E-state index contributed by atoms with van der Waals surface area (Å²) >= 11 is 0. The average Bonchev–Trinajstić information content (AvgIpc) is 3.15. The number of likely N-dealkylation sites (tertiary alicyclic amines) is 1. The van der Waals surface area contributed by atoms with Crippen LogP contribution in [0.5, 0.6) is 5.75 Å². The third-order valence-corrected chi connectivity index (χ3v) is 4.47. The number of carbonyl (C=O) groups is 2. The second-order valence-electron chi connectivity index (χ2n) is 6.35. The molecule has 0 bridgehead atoms. The molecule has 7 nitrogen and oxygen atoms in total. The van der Waals surface area contributed by atoms with Crippen molar-refractivity contribution >= 4 is 11.8 Å². The second-order valence-corrected chi connectivity index (χ2v) is 6.35. The summed E-state index contributed by atoms with van der Waals surface area (Å²) in [7, 11) is 0. The molecule has 1 saturated heterocycles. The highest BCUT2D eigenvalue weighted by Gasteiger charge is 2.24. The molecule has 0 spiro atoms. The minimum absolute atomic E-state index is 0.0226. The predicted molar refractivity (Wildman–Crippen MR) is 97.0 cm³/mol. The molecule has 3 rings (SSSR count). The van der Waals surface area contributed by atoms with Crippen LogP contribution in [-0.2, 0) is 11.2 Å². The Morgan fingerprint density at radius 1 is 1.23 bits per heavy atom. The minimum atomic E-state index is -0.0226. The van der Waals surface area contributed by atoms with Gasteiger partial charge < -0.3 is 15.0 Å². The number of aromatic nitrogens is 2. The number of nitrogens with zero attached hydrogens (tertiary/aromatic N) is 2. The van der Waals surface area contributed by atoms with Crippen molar-refractivity contribution in [3.05, 3.63) is 47.8 Å². The van der Waals surface area contributed by atoms with Gasteiger partial charge in [-0.2, -0.15) is 5.10 Å². The standard InChI is InChI=1S/C19H24N4O3/c1-2-26-17-5-3-14(4-6-17)19(25)23-11-8-15(9-12-23)21-18(24)13-16-7-10-20-22-16/h3-7,10,15H,2,8-9,11-13H2,1H3,(H,20,22)(H,21,24). The molecule has 0 aliphatic carbocycles. The van der Waals surface area contributed by atoms with Gasteiger partial charge in [0.2, 0.25) is 5.91 Å². The quantitative estimate of drug-likeness (QED) is 0.826. The van der Waals surface area contributed by atoms with Crippen LogP contribution in [0.1, 0.15) is 35.8 Å². The first-order chi connectivity index (χ1) is 12.7. The topological polar surface area (TPSA) is 87.3 Å². The largest absolute Gasteiger partial charge is 0.494 e. The Labute approximate surface area is 152 Å². The van der Waals surface area contributed by atoms with Crippen molar-refractivity contribution in [2.75, 3.05) is 19.7 Å². The van der Waals surface area contributed by atoms with E-state index in [1.165, 1.54) is 0 Å². The van der Waals surface area contributed by atoms with Crippen molar-refractivity contribution in [3.63, 3.8) is 0 Å². The first kappa shape index (κ1) is 18.0. The number of hydrogen-bond donors (Lipinski definition) is 2. The summed E-state index contributed by atoms with van der Waals surface area (Å²) in [4.78, 5) is 26.5. The number of H-pyrrole nitrogens is 1. The third-order valence-electron chi connectivity index (χ3n) is 4.47. The number of carbonyl (C=O) groups excluding carboxylic acids is 2. The Morgan fingerprint density at radius 3 is 2.58 bits per heavy atom. The second kappa shape index (κ2) is 8.51. The molecule has 1 fully saturated rings. The molecular formula is C19H24N4O3. The molecule has 1 aromatic heterocycles. The average molecular weight is 356 g/mol. The molecule has 1 aliphatic heterocycles. The molecule has 2 amide bonds. The first-order valence-electron chi connectivity index (χ1n) is 8.95. The SMILES string of the molecule is CCOc1ccc(C(=O)N2CCC(NC(=O)Cc3ccn[nH]3)CC2)cc1. The van der Waals surface area contributed by atoms with E-state index in [0.29, 0.717) is 31.7 Å². The van der Waals surface area contributed by atoms with E-state index in [9.17, 15) is 9.59 Å². The number of nitrogens with one attached hydrogen (secondary N) is 2. The Bertz CT molecular complexity index is 720. The van der Waals surface area contributed by atoms with Crippen LogP contribution < -0.4 is 10.1 Å². The van der Waals surface area contributed by atoms with E-state index in [0.717, 1.165) is 24.3 Å². The summed E-state index contributed by atoms with van der Waals surface area (Å²) in [6, 6.07) is 9.13. The summed E-state index contributed by atoms with van der Waals surface area (Å²) < 4.78 is 5.40. The lowest BCUT2D eigenvalue weighted by Crippen LogP contribution is -2.46. The zero-order chi connectivity index (χ0) is 18.4. The first-order valence-corrected chi connectivity index (χ1v) is 8.95. The van der Waals surface area contributed by atoms with Gasteiger partial charge in [0, 0.05) is 36.6 Å². The van der Waals surface area contributed by atoms with Crippen molar-refractivity contribution < 1.29 is 14.3 Å². The van der Waals surface area contributed by atoms with Crippen molar-refractivity contribution in [1.29, 1.82) is 0 Å². The number of piperidine rings is 1. The van der Waals surface area contributed by atoms with Gasteiger partial charge in [0.15, 0.2) is 0 Å². The monoisotopic (exact) mass is 356 g/mol. The van der Waals surface area contributed by atoms with Gasteiger partial charge in [-0.1, -0.05) is 0 Å². The molecule has 2 aromatic rings. The fraction of sp³-hybridized carbons (Fsp3) is 0.421. The van der Waals surface area contributed by atoms with Gasteiger partial charge >= 0.3 is 0 Å². The summed E-state index contributed by atoms with van der Waals surface area (Å²) in [6.45, 7) is 3.81. The van der Waals surface area contributed by atoms with Crippen LogP contribution in [0, 0.1) is 0 Å². The third kappa shape index (κ3) is 4.62. The molecule has 0 saturated carbocycles. The number of rotatable bonds is 6. The van der Waals surface area contributed by atoms with E-state index in [4.69, 9.17) is 4.74 Å². The van der Waals surface area contributed by atoms with Crippen LogP contribution in [0.4, 0.5) is 0 Å². The highest BCUT2D eigenvalue weighted by atomic mass is 16.5. The molecule has 0 radical (unpaired) electrons. The fourth-order valence-corrected chi connectivity index (χ4v) is 3.10. The van der Waals surface area contributed by atoms with E-state index >= 15 is 0 Å². The summed E-state index contributed by atoms with van der Waals surface area (Å²) in [5.41, 5.74) is 1.46. The molecule has 1 aromatic carbocycles.